The van der Waals surface area contributed by atoms with Crippen LogP contribution in [0.5, 0.6) is 5.75 Å². The predicted molar refractivity (Wildman–Crippen MR) is 132 cm³/mol. The van der Waals surface area contributed by atoms with Crippen LogP contribution in [0.3, 0.4) is 0 Å². The van der Waals surface area contributed by atoms with Crippen molar-refractivity contribution in [2.75, 3.05) is 13.7 Å². The molecular formula is C28H27N3O4. The highest BCUT2D eigenvalue weighted by atomic mass is 16.5. The van der Waals surface area contributed by atoms with Crippen LogP contribution in [-0.4, -0.2) is 54.4 Å². The highest BCUT2D eigenvalue weighted by molar-refractivity contribution is 5.98. The molecule has 0 radical (unpaired) electrons. The summed E-state index contributed by atoms with van der Waals surface area (Å²) in [7, 11) is 1.60. The van der Waals surface area contributed by atoms with E-state index in [0.717, 1.165) is 22.4 Å². The molecule has 0 unspecified atom stereocenters. The van der Waals surface area contributed by atoms with E-state index in [9.17, 15) is 14.4 Å². The second-order valence-corrected chi connectivity index (χ2v) is 8.97. The molecule has 2 fully saturated rings. The molecule has 5 rings (SSSR count). The lowest BCUT2D eigenvalue weighted by molar-refractivity contribution is -0.147. The number of fused-ring (bicyclic) bond motifs is 1. The molecule has 178 valence electrons. The summed E-state index contributed by atoms with van der Waals surface area (Å²) in [5, 5.41) is 5.87. The summed E-state index contributed by atoms with van der Waals surface area (Å²) in [6, 6.07) is 23.4. The standard InChI is InChI=1S/C28H27N3O4/c1-35-23-13-7-18(8-14-23)15-24-28(34)31-17-22(16-25(31)27(33)30-24)29-26(32)21-11-9-20(10-12-21)19-5-3-2-4-6-19/h2-14,22,24-25H,15-17H2,1H3,(H,29,32)(H,30,33)/t22-,24-,25-/m0/s1. The Morgan fingerprint density at radius 2 is 1.66 bits per heavy atom. The summed E-state index contributed by atoms with van der Waals surface area (Å²) in [4.78, 5) is 40.3. The Labute approximate surface area is 204 Å². The Hall–Kier alpha value is -4.13. The molecule has 7 heteroatoms. The highest BCUT2D eigenvalue weighted by Gasteiger charge is 2.46. The number of ether oxygens (including phenoxy) is 1. The monoisotopic (exact) mass is 469 g/mol. The Morgan fingerprint density at radius 1 is 0.971 bits per heavy atom. The zero-order chi connectivity index (χ0) is 24.4. The van der Waals surface area contributed by atoms with Crippen molar-refractivity contribution in [2.24, 2.45) is 0 Å². The van der Waals surface area contributed by atoms with Gasteiger partial charge in [0.25, 0.3) is 5.91 Å². The van der Waals surface area contributed by atoms with Gasteiger partial charge in [-0.25, -0.2) is 0 Å². The summed E-state index contributed by atoms with van der Waals surface area (Å²) in [5.74, 6) is 0.235. The molecule has 3 amide bonds. The second kappa shape index (κ2) is 9.62. The Kier molecular flexibility index (Phi) is 6.23. The van der Waals surface area contributed by atoms with Crippen molar-refractivity contribution >= 4 is 17.7 Å². The first-order valence-electron chi connectivity index (χ1n) is 11.7. The van der Waals surface area contributed by atoms with Gasteiger partial charge in [-0.2, -0.15) is 0 Å². The molecule has 0 spiro atoms. The molecule has 3 aromatic rings. The van der Waals surface area contributed by atoms with E-state index >= 15 is 0 Å². The Bertz CT molecular complexity index is 1230. The molecule has 2 saturated heterocycles. The maximum Gasteiger partial charge on any atom is 0.251 e. The summed E-state index contributed by atoms with van der Waals surface area (Å²) < 4.78 is 5.18. The molecule has 0 bridgehead atoms. The molecule has 35 heavy (non-hydrogen) atoms. The van der Waals surface area contributed by atoms with E-state index in [1.165, 1.54) is 0 Å². The number of hydrogen-bond acceptors (Lipinski definition) is 4. The average Bonchev–Trinajstić information content (AvgIpc) is 3.33. The molecule has 0 aliphatic carbocycles. The lowest BCUT2D eigenvalue weighted by Gasteiger charge is -2.34. The first-order chi connectivity index (χ1) is 17.0. The van der Waals surface area contributed by atoms with Crippen LogP contribution in [-0.2, 0) is 16.0 Å². The third-order valence-corrected chi connectivity index (χ3v) is 6.69. The van der Waals surface area contributed by atoms with Crippen molar-refractivity contribution < 1.29 is 19.1 Å². The molecule has 2 aliphatic rings. The zero-order valence-corrected chi connectivity index (χ0v) is 19.4. The van der Waals surface area contributed by atoms with Gasteiger partial charge >= 0.3 is 0 Å². The van der Waals surface area contributed by atoms with Crippen LogP contribution in [0, 0.1) is 0 Å². The average molecular weight is 470 g/mol. The first kappa shape index (κ1) is 22.7. The molecule has 3 atom stereocenters. The number of nitrogens with zero attached hydrogens (tertiary/aromatic N) is 1. The quantitative estimate of drug-likeness (QED) is 0.581. The number of nitrogens with one attached hydrogen (secondary N) is 2. The summed E-state index contributed by atoms with van der Waals surface area (Å²) >= 11 is 0. The van der Waals surface area contributed by atoms with Gasteiger partial charge < -0.3 is 20.3 Å². The SMILES string of the molecule is COc1ccc(C[C@@H]2NC(=O)[C@@H]3C[C@H](NC(=O)c4ccc(-c5ccccc5)cc4)CN3C2=O)cc1. The summed E-state index contributed by atoms with van der Waals surface area (Å²) in [5.41, 5.74) is 3.60. The predicted octanol–water partition coefficient (Wildman–Crippen LogP) is 2.80. The van der Waals surface area contributed by atoms with E-state index in [4.69, 9.17) is 4.74 Å². The summed E-state index contributed by atoms with van der Waals surface area (Å²) in [6.45, 7) is 0.323. The van der Waals surface area contributed by atoms with Gasteiger partial charge in [0, 0.05) is 24.6 Å². The van der Waals surface area contributed by atoms with Gasteiger partial charge in [-0.1, -0.05) is 54.6 Å². The molecule has 2 N–H and O–H groups in total. The van der Waals surface area contributed by atoms with Gasteiger partial charge in [0.1, 0.15) is 17.8 Å². The third kappa shape index (κ3) is 4.75. The number of methoxy groups -OCH3 is 1. The molecule has 0 saturated carbocycles. The second-order valence-electron chi connectivity index (χ2n) is 8.97. The topological polar surface area (TPSA) is 87.7 Å². The van der Waals surface area contributed by atoms with Crippen LogP contribution in [0.25, 0.3) is 11.1 Å². The van der Waals surface area contributed by atoms with Gasteiger partial charge in [-0.3, -0.25) is 14.4 Å². The van der Waals surface area contributed by atoms with Crippen LogP contribution in [0.1, 0.15) is 22.3 Å². The van der Waals surface area contributed by atoms with Crippen LogP contribution in [0.2, 0.25) is 0 Å². The lowest BCUT2D eigenvalue weighted by atomic mass is 10.0. The maximum absolute atomic E-state index is 13.1. The van der Waals surface area contributed by atoms with Gasteiger partial charge in [-0.05, 0) is 47.4 Å². The van der Waals surface area contributed by atoms with Gasteiger partial charge in [0.15, 0.2) is 0 Å². The number of hydrogen-bond donors (Lipinski definition) is 2. The number of benzene rings is 3. The van der Waals surface area contributed by atoms with E-state index in [-0.39, 0.29) is 23.8 Å². The molecule has 2 heterocycles. The third-order valence-electron chi connectivity index (χ3n) is 6.69. The number of amides is 3. The minimum absolute atomic E-state index is 0.116. The van der Waals surface area contributed by atoms with Crippen molar-refractivity contribution in [1.29, 1.82) is 0 Å². The van der Waals surface area contributed by atoms with Crippen molar-refractivity contribution in [2.45, 2.75) is 31.0 Å². The summed E-state index contributed by atoms with van der Waals surface area (Å²) in [6.07, 6.45) is 0.809. The van der Waals surface area contributed by atoms with Crippen LogP contribution in [0.15, 0.2) is 78.9 Å². The van der Waals surface area contributed by atoms with Crippen molar-refractivity contribution in [3.8, 4) is 16.9 Å². The Morgan fingerprint density at radius 3 is 2.34 bits per heavy atom. The molecule has 2 aliphatic heterocycles. The van der Waals surface area contributed by atoms with Crippen molar-refractivity contribution in [1.82, 2.24) is 15.5 Å². The largest absolute Gasteiger partial charge is 0.497 e. The van der Waals surface area contributed by atoms with Gasteiger partial charge in [0.05, 0.1) is 7.11 Å². The smallest absolute Gasteiger partial charge is 0.251 e. The van der Waals surface area contributed by atoms with Crippen LogP contribution in [0.4, 0.5) is 0 Å². The maximum atomic E-state index is 13.1. The van der Waals surface area contributed by atoms with E-state index in [1.54, 1.807) is 24.1 Å². The Balaban J connectivity index is 1.21. The lowest BCUT2D eigenvalue weighted by Crippen LogP contribution is -2.61. The fourth-order valence-electron chi connectivity index (χ4n) is 4.81. The van der Waals surface area contributed by atoms with Crippen LogP contribution >= 0.6 is 0 Å². The normalized spacial score (nSPS) is 21.3. The number of carbonyl (C=O) groups is 3. The van der Waals surface area contributed by atoms with E-state index in [0.29, 0.717) is 24.9 Å². The fraction of sp³-hybridized carbons (Fsp3) is 0.250. The van der Waals surface area contributed by atoms with Crippen LogP contribution < -0.4 is 15.4 Å². The van der Waals surface area contributed by atoms with Crippen molar-refractivity contribution in [3.05, 3.63) is 90.0 Å². The molecule has 0 aromatic heterocycles. The van der Waals surface area contributed by atoms with Crippen molar-refractivity contribution in [3.63, 3.8) is 0 Å². The van der Waals surface area contributed by atoms with E-state index < -0.39 is 12.1 Å². The molecule has 7 nitrogen and oxygen atoms in total. The van der Waals surface area contributed by atoms with Gasteiger partial charge in [-0.15, -0.1) is 0 Å². The molecule has 3 aromatic carbocycles. The van der Waals surface area contributed by atoms with Gasteiger partial charge in [0.2, 0.25) is 11.8 Å². The molecular weight excluding hydrogens is 442 g/mol. The van der Waals surface area contributed by atoms with E-state index in [2.05, 4.69) is 10.6 Å². The minimum Gasteiger partial charge on any atom is -0.497 e. The number of piperazine rings is 1. The number of carbonyl (C=O) groups excluding carboxylic acids is 3. The van der Waals surface area contributed by atoms with E-state index in [1.807, 2.05) is 66.7 Å². The highest BCUT2D eigenvalue weighted by Crippen LogP contribution is 2.25. The fourth-order valence-corrected chi connectivity index (χ4v) is 4.81. The minimum atomic E-state index is -0.618. The number of rotatable bonds is 6. The first-order valence-corrected chi connectivity index (χ1v) is 11.7. The zero-order valence-electron chi connectivity index (χ0n) is 19.4.